The summed E-state index contributed by atoms with van der Waals surface area (Å²) < 4.78 is 0. The molecule has 1 unspecified atom stereocenters. The summed E-state index contributed by atoms with van der Waals surface area (Å²) in [4.78, 5) is 20.2. The van der Waals surface area contributed by atoms with E-state index in [1.807, 2.05) is 4.90 Å². The Hall–Kier alpha value is -2.07. The van der Waals surface area contributed by atoms with E-state index >= 15 is 0 Å². The molecule has 1 atom stereocenters. The molecule has 5 rings (SSSR count). The standard InChI is InChI=1S/C21H22N2OS/c1-13-6-7-15-17(12-25-20(15)10-13)21(24)23-9-8-19-16(11-23)14-4-2-3-5-18(14)22-19/h2-5,12-13,22H,6-11H2,1H3. The Balaban J connectivity index is 1.46. The number of aromatic nitrogens is 1. The number of fused-ring (bicyclic) bond motifs is 4. The van der Waals surface area contributed by atoms with Gasteiger partial charge in [-0.25, -0.2) is 0 Å². The van der Waals surface area contributed by atoms with Crippen LogP contribution in [0.1, 0.15) is 45.4 Å². The Kier molecular flexibility index (Phi) is 3.49. The predicted octanol–water partition coefficient (Wildman–Crippen LogP) is 4.55. The van der Waals surface area contributed by atoms with Crippen molar-refractivity contribution in [3.8, 4) is 0 Å². The average Bonchev–Trinajstić information content (AvgIpc) is 3.21. The van der Waals surface area contributed by atoms with Crippen LogP contribution in [0.5, 0.6) is 0 Å². The van der Waals surface area contributed by atoms with Gasteiger partial charge in [-0.15, -0.1) is 11.3 Å². The van der Waals surface area contributed by atoms with E-state index < -0.39 is 0 Å². The lowest BCUT2D eigenvalue weighted by atomic mass is 9.88. The Morgan fingerprint density at radius 1 is 1.24 bits per heavy atom. The number of hydrogen-bond acceptors (Lipinski definition) is 2. The number of benzene rings is 1. The van der Waals surface area contributed by atoms with Crippen molar-refractivity contribution in [2.45, 2.75) is 39.2 Å². The summed E-state index contributed by atoms with van der Waals surface area (Å²) in [6, 6.07) is 8.42. The minimum Gasteiger partial charge on any atom is -0.358 e. The van der Waals surface area contributed by atoms with Gasteiger partial charge in [-0.3, -0.25) is 4.79 Å². The Bertz CT molecular complexity index is 968. The lowest BCUT2D eigenvalue weighted by Gasteiger charge is -2.28. The fourth-order valence-electron chi connectivity index (χ4n) is 4.37. The highest BCUT2D eigenvalue weighted by Crippen LogP contribution is 2.34. The van der Waals surface area contributed by atoms with Gasteiger partial charge >= 0.3 is 0 Å². The van der Waals surface area contributed by atoms with Gasteiger partial charge in [-0.1, -0.05) is 25.1 Å². The highest BCUT2D eigenvalue weighted by Gasteiger charge is 2.29. The van der Waals surface area contributed by atoms with Crippen LogP contribution in [0, 0.1) is 5.92 Å². The topological polar surface area (TPSA) is 36.1 Å². The van der Waals surface area contributed by atoms with E-state index in [1.165, 1.54) is 39.0 Å². The van der Waals surface area contributed by atoms with Gasteiger partial charge < -0.3 is 9.88 Å². The van der Waals surface area contributed by atoms with E-state index in [0.717, 1.165) is 43.8 Å². The first-order valence-corrected chi connectivity index (χ1v) is 10.1. The van der Waals surface area contributed by atoms with E-state index in [1.54, 1.807) is 11.3 Å². The molecule has 1 aliphatic carbocycles. The first-order valence-electron chi connectivity index (χ1n) is 9.17. The van der Waals surface area contributed by atoms with Crippen LogP contribution >= 0.6 is 11.3 Å². The van der Waals surface area contributed by atoms with E-state index in [4.69, 9.17) is 0 Å². The summed E-state index contributed by atoms with van der Waals surface area (Å²) in [6.07, 6.45) is 4.32. The normalized spacial score (nSPS) is 19.7. The first kappa shape index (κ1) is 15.2. The van der Waals surface area contributed by atoms with Crippen LogP contribution < -0.4 is 0 Å². The zero-order valence-electron chi connectivity index (χ0n) is 14.5. The van der Waals surface area contributed by atoms with E-state index in [2.05, 4.69) is 41.6 Å². The molecule has 25 heavy (non-hydrogen) atoms. The predicted molar refractivity (Wildman–Crippen MR) is 102 cm³/mol. The second-order valence-electron chi connectivity index (χ2n) is 7.50. The van der Waals surface area contributed by atoms with Gasteiger partial charge in [0.05, 0.1) is 5.56 Å². The fraction of sp³-hybridized carbons (Fsp3) is 0.381. The minimum atomic E-state index is 0.225. The molecule has 0 saturated carbocycles. The maximum absolute atomic E-state index is 13.2. The van der Waals surface area contributed by atoms with Gasteiger partial charge in [0.2, 0.25) is 0 Å². The second-order valence-corrected chi connectivity index (χ2v) is 8.47. The third-order valence-corrected chi connectivity index (χ3v) is 6.85. The molecule has 3 nitrogen and oxygen atoms in total. The summed E-state index contributed by atoms with van der Waals surface area (Å²) in [5.41, 5.74) is 6.08. The van der Waals surface area contributed by atoms with Crippen molar-refractivity contribution in [1.82, 2.24) is 9.88 Å². The molecule has 3 heterocycles. The Morgan fingerprint density at radius 3 is 3.04 bits per heavy atom. The van der Waals surface area contributed by atoms with Crippen molar-refractivity contribution < 1.29 is 4.79 Å². The molecule has 1 N–H and O–H groups in total. The zero-order valence-corrected chi connectivity index (χ0v) is 15.3. The molecule has 0 radical (unpaired) electrons. The van der Waals surface area contributed by atoms with Crippen molar-refractivity contribution >= 4 is 28.1 Å². The highest BCUT2D eigenvalue weighted by molar-refractivity contribution is 7.10. The third-order valence-electron chi connectivity index (χ3n) is 5.80. The maximum Gasteiger partial charge on any atom is 0.255 e. The quantitative estimate of drug-likeness (QED) is 0.686. The highest BCUT2D eigenvalue weighted by atomic mass is 32.1. The number of rotatable bonds is 1. The fourth-order valence-corrected chi connectivity index (χ4v) is 5.61. The minimum absolute atomic E-state index is 0.225. The third kappa shape index (κ3) is 2.43. The molecule has 0 bridgehead atoms. The number of nitrogens with zero attached hydrogens (tertiary/aromatic N) is 1. The van der Waals surface area contributed by atoms with Crippen molar-refractivity contribution in [1.29, 1.82) is 0 Å². The van der Waals surface area contributed by atoms with Crippen molar-refractivity contribution in [3.05, 3.63) is 56.9 Å². The Morgan fingerprint density at radius 2 is 2.12 bits per heavy atom. The summed E-state index contributed by atoms with van der Waals surface area (Å²) in [5.74, 6) is 0.973. The molecule has 1 amide bonds. The molecule has 0 spiro atoms. The van der Waals surface area contributed by atoms with Crippen LogP contribution in [0.3, 0.4) is 0 Å². The van der Waals surface area contributed by atoms with Crippen LogP contribution in [0.15, 0.2) is 29.6 Å². The number of amides is 1. The summed E-state index contributed by atoms with van der Waals surface area (Å²) in [5, 5.41) is 3.37. The lowest BCUT2D eigenvalue weighted by Crippen LogP contribution is -2.36. The zero-order chi connectivity index (χ0) is 17.0. The number of carbonyl (C=O) groups is 1. The number of para-hydroxylation sites is 1. The van der Waals surface area contributed by atoms with Crippen LogP contribution in [-0.4, -0.2) is 22.3 Å². The molecule has 0 fully saturated rings. The number of nitrogens with one attached hydrogen (secondary N) is 1. The van der Waals surface area contributed by atoms with Crippen molar-refractivity contribution in [2.75, 3.05) is 6.54 Å². The number of aromatic amines is 1. The number of carbonyl (C=O) groups excluding carboxylic acids is 1. The summed E-state index contributed by atoms with van der Waals surface area (Å²) in [6.45, 7) is 3.84. The van der Waals surface area contributed by atoms with Crippen LogP contribution in [-0.2, 0) is 25.8 Å². The van der Waals surface area contributed by atoms with E-state index in [0.29, 0.717) is 0 Å². The summed E-state index contributed by atoms with van der Waals surface area (Å²) in [7, 11) is 0. The molecule has 0 saturated heterocycles. The van der Waals surface area contributed by atoms with Crippen LogP contribution in [0.4, 0.5) is 0 Å². The largest absolute Gasteiger partial charge is 0.358 e. The SMILES string of the molecule is CC1CCc2c(C(=O)N3CCc4[nH]c5ccccc5c4C3)csc2C1. The van der Waals surface area contributed by atoms with Gasteiger partial charge in [0.25, 0.3) is 5.91 Å². The molecular weight excluding hydrogens is 328 g/mol. The first-order chi connectivity index (χ1) is 12.2. The van der Waals surface area contributed by atoms with Crippen LogP contribution in [0.25, 0.3) is 10.9 Å². The maximum atomic E-state index is 13.2. The molecule has 2 aromatic heterocycles. The molecule has 2 aliphatic rings. The van der Waals surface area contributed by atoms with E-state index in [9.17, 15) is 4.79 Å². The lowest BCUT2D eigenvalue weighted by molar-refractivity contribution is 0.0734. The second kappa shape index (κ2) is 5.73. The van der Waals surface area contributed by atoms with Crippen LogP contribution in [0.2, 0.25) is 0 Å². The number of thiophene rings is 1. The van der Waals surface area contributed by atoms with Gasteiger partial charge in [0.15, 0.2) is 0 Å². The molecule has 3 aromatic rings. The van der Waals surface area contributed by atoms with Gasteiger partial charge in [0.1, 0.15) is 0 Å². The van der Waals surface area contributed by atoms with Gasteiger partial charge in [0, 0.05) is 51.9 Å². The molecular formula is C21H22N2OS. The average molecular weight is 350 g/mol. The van der Waals surface area contributed by atoms with Crippen molar-refractivity contribution in [3.63, 3.8) is 0 Å². The molecule has 4 heteroatoms. The van der Waals surface area contributed by atoms with E-state index in [-0.39, 0.29) is 5.91 Å². The Labute approximate surface area is 151 Å². The number of hydrogen-bond donors (Lipinski definition) is 1. The summed E-state index contributed by atoms with van der Waals surface area (Å²) >= 11 is 1.78. The number of H-pyrrole nitrogens is 1. The molecule has 128 valence electrons. The van der Waals surface area contributed by atoms with Crippen molar-refractivity contribution in [2.24, 2.45) is 5.92 Å². The molecule has 1 aromatic carbocycles. The van der Waals surface area contributed by atoms with Gasteiger partial charge in [-0.05, 0) is 36.8 Å². The smallest absolute Gasteiger partial charge is 0.255 e. The molecule has 1 aliphatic heterocycles. The monoisotopic (exact) mass is 350 g/mol. The van der Waals surface area contributed by atoms with Gasteiger partial charge in [-0.2, -0.15) is 0 Å².